The molecule has 5 heteroatoms. The van der Waals surface area contributed by atoms with Gasteiger partial charge in [-0.1, -0.05) is 29.3 Å². The molecule has 0 spiro atoms. The normalized spacial score (nSPS) is 10.9. The average molecular weight is 340 g/mol. The van der Waals surface area contributed by atoms with Crippen molar-refractivity contribution >= 4 is 32.6 Å². The van der Waals surface area contributed by atoms with Gasteiger partial charge in [-0.2, -0.15) is 0 Å². The van der Waals surface area contributed by atoms with Crippen LogP contribution in [0, 0.1) is 0 Å². The van der Waals surface area contributed by atoms with E-state index in [4.69, 9.17) is 9.15 Å². The second kappa shape index (κ2) is 6.90. The lowest BCUT2D eigenvalue weighted by Gasteiger charge is -2.13. The monoisotopic (exact) mass is 339 g/mol. The van der Waals surface area contributed by atoms with Crippen LogP contribution in [-0.4, -0.2) is 20.3 Å². The van der Waals surface area contributed by atoms with Crippen molar-refractivity contribution in [2.45, 2.75) is 19.8 Å². The Balaban J connectivity index is 2.58. The molecular weight excluding hydrogens is 322 g/mol. The van der Waals surface area contributed by atoms with Gasteiger partial charge in [0.25, 0.3) is 0 Å². The quantitative estimate of drug-likeness (QED) is 0.645. The van der Waals surface area contributed by atoms with Crippen molar-refractivity contribution in [2.75, 3.05) is 25.6 Å². The Morgan fingerprint density at radius 3 is 2.90 bits per heavy atom. The highest BCUT2D eigenvalue weighted by atomic mass is 79.9. The maximum atomic E-state index is 12.1. The maximum Gasteiger partial charge on any atom is 0.341 e. The number of fused-ring (bicyclic) bond motifs is 1. The number of hydrogen-bond donors (Lipinski definition) is 1. The molecule has 1 N–H and O–H groups in total. The van der Waals surface area contributed by atoms with Gasteiger partial charge in [-0.3, -0.25) is 0 Å². The van der Waals surface area contributed by atoms with Crippen LogP contribution in [0.3, 0.4) is 0 Å². The zero-order valence-corrected chi connectivity index (χ0v) is 13.2. The third-order valence-corrected chi connectivity index (χ3v) is 3.56. The summed E-state index contributed by atoms with van der Waals surface area (Å²) >= 11 is 3.46. The highest BCUT2D eigenvalue weighted by Crippen LogP contribution is 2.28. The van der Waals surface area contributed by atoms with Gasteiger partial charge in [-0.25, -0.2) is 4.79 Å². The molecule has 1 heterocycles. The van der Waals surface area contributed by atoms with E-state index in [0.29, 0.717) is 30.7 Å². The molecule has 0 fully saturated rings. The van der Waals surface area contributed by atoms with Crippen LogP contribution in [0.25, 0.3) is 11.0 Å². The van der Waals surface area contributed by atoms with Gasteiger partial charge in [-0.05, 0) is 24.6 Å². The predicted molar refractivity (Wildman–Crippen MR) is 84.5 cm³/mol. The summed E-state index contributed by atoms with van der Waals surface area (Å²) in [5, 5.41) is 4.22. The van der Waals surface area contributed by atoms with E-state index in [1.54, 1.807) is 13.2 Å². The van der Waals surface area contributed by atoms with Crippen molar-refractivity contribution in [1.29, 1.82) is 0 Å². The number of benzene rings is 1. The first kappa shape index (κ1) is 15.1. The van der Waals surface area contributed by atoms with Gasteiger partial charge in [0, 0.05) is 23.5 Å². The highest BCUT2D eigenvalue weighted by molar-refractivity contribution is 9.10. The molecule has 0 saturated carbocycles. The first-order chi connectivity index (χ1) is 9.67. The Kier molecular flexibility index (Phi) is 5.20. The van der Waals surface area contributed by atoms with Gasteiger partial charge in [0.1, 0.15) is 5.58 Å². The largest absolute Gasteiger partial charge is 0.422 e. The fraction of sp³-hybridized carbons (Fsp3) is 0.400. The van der Waals surface area contributed by atoms with Crippen molar-refractivity contribution in [2.24, 2.45) is 0 Å². The molecule has 0 bridgehead atoms. The maximum absolute atomic E-state index is 12.1. The Hall–Kier alpha value is -1.33. The molecule has 108 valence electrons. The van der Waals surface area contributed by atoms with E-state index in [-0.39, 0.29) is 5.63 Å². The van der Waals surface area contributed by atoms with Gasteiger partial charge in [-0.15, -0.1) is 0 Å². The molecule has 0 saturated heterocycles. The van der Waals surface area contributed by atoms with Gasteiger partial charge >= 0.3 is 5.63 Å². The Bertz CT molecular complexity index is 651. The molecule has 0 atom stereocenters. The van der Waals surface area contributed by atoms with Gasteiger partial charge in [0.05, 0.1) is 17.9 Å². The molecule has 20 heavy (non-hydrogen) atoms. The molecule has 0 amide bonds. The highest BCUT2D eigenvalue weighted by Gasteiger charge is 2.14. The molecule has 0 aliphatic heterocycles. The summed E-state index contributed by atoms with van der Waals surface area (Å²) in [6.07, 6.45) is 1.59. The summed E-state index contributed by atoms with van der Waals surface area (Å²) in [4.78, 5) is 12.1. The van der Waals surface area contributed by atoms with E-state index in [1.807, 2.05) is 19.1 Å². The number of anilines is 1. The number of hydrogen-bond acceptors (Lipinski definition) is 4. The standard InChI is InChI=1S/C15H18BrNO3/c1-3-4-11-14(17-7-8-19-2)12-9-10(16)5-6-13(12)20-15(11)18/h5-6,9,17H,3-4,7-8H2,1-2H3. The number of rotatable bonds is 6. The minimum Gasteiger partial charge on any atom is -0.422 e. The van der Waals surface area contributed by atoms with Gasteiger partial charge in [0.15, 0.2) is 0 Å². The lowest BCUT2D eigenvalue weighted by atomic mass is 10.1. The van der Waals surface area contributed by atoms with E-state index in [0.717, 1.165) is 22.0 Å². The average Bonchev–Trinajstić information content (AvgIpc) is 2.43. The van der Waals surface area contributed by atoms with Crippen molar-refractivity contribution < 1.29 is 9.15 Å². The Morgan fingerprint density at radius 1 is 1.40 bits per heavy atom. The minimum absolute atomic E-state index is 0.262. The third kappa shape index (κ3) is 3.22. The molecule has 2 aromatic rings. The fourth-order valence-electron chi connectivity index (χ4n) is 2.17. The van der Waals surface area contributed by atoms with E-state index >= 15 is 0 Å². The summed E-state index contributed by atoms with van der Waals surface area (Å²) in [6.45, 7) is 3.28. The zero-order chi connectivity index (χ0) is 14.5. The molecule has 0 aliphatic rings. The lowest BCUT2D eigenvalue weighted by Crippen LogP contribution is -2.16. The summed E-state index contributed by atoms with van der Waals surface area (Å²) in [5.74, 6) is 0. The van der Waals surface area contributed by atoms with E-state index in [1.165, 1.54) is 0 Å². The number of ether oxygens (including phenoxy) is 1. The van der Waals surface area contributed by atoms with Crippen molar-refractivity contribution in [3.05, 3.63) is 38.7 Å². The SMILES string of the molecule is CCCc1c(NCCOC)c2cc(Br)ccc2oc1=O. The first-order valence-electron chi connectivity index (χ1n) is 6.65. The smallest absolute Gasteiger partial charge is 0.341 e. The summed E-state index contributed by atoms with van der Waals surface area (Å²) in [6, 6.07) is 5.63. The molecule has 0 unspecified atom stereocenters. The summed E-state index contributed by atoms with van der Waals surface area (Å²) < 4.78 is 11.4. The molecule has 4 nitrogen and oxygen atoms in total. The van der Waals surface area contributed by atoms with Crippen LogP contribution >= 0.6 is 15.9 Å². The minimum atomic E-state index is -0.262. The van der Waals surface area contributed by atoms with Gasteiger partial charge in [0.2, 0.25) is 0 Å². The second-order valence-electron chi connectivity index (χ2n) is 4.55. The molecule has 2 rings (SSSR count). The van der Waals surface area contributed by atoms with Crippen LogP contribution in [-0.2, 0) is 11.2 Å². The van der Waals surface area contributed by atoms with Crippen molar-refractivity contribution in [3.63, 3.8) is 0 Å². The van der Waals surface area contributed by atoms with Crippen molar-refractivity contribution in [3.8, 4) is 0 Å². The lowest BCUT2D eigenvalue weighted by molar-refractivity contribution is 0.211. The molecule has 1 aromatic carbocycles. The van der Waals surface area contributed by atoms with E-state index < -0.39 is 0 Å². The molecule has 0 aliphatic carbocycles. The zero-order valence-electron chi connectivity index (χ0n) is 11.7. The predicted octanol–water partition coefficient (Wildman–Crippen LogP) is 3.57. The fourth-order valence-corrected chi connectivity index (χ4v) is 2.53. The summed E-state index contributed by atoms with van der Waals surface area (Å²) in [5.41, 5.74) is 1.89. The molecule has 1 aromatic heterocycles. The van der Waals surface area contributed by atoms with Crippen molar-refractivity contribution in [1.82, 2.24) is 0 Å². The van der Waals surface area contributed by atoms with Crippen LogP contribution in [0.4, 0.5) is 5.69 Å². The van der Waals surface area contributed by atoms with E-state index in [9.17, 15) is 4.79 Å². The Morgan fingerprint density at radius 2 is 2.20 bits per heavy atom. The van der Waals surface area contributed by atoms with Gasteiger partial charge < -0.3 is 14.5 Å². The molecular formula is C15H18BrNO3. The third-order valence-electron chi connectivity index (χ3n) is 3.07. The first-order valence-corrected chi connectivity index (χ1v) is 7.44. The Labute approximate surface area is 126 Å². The van der Waals surface area contributed by atoms with Crippen LogP contribution < -0.4 is 10.9 Å². The van der Waals surface area contributed by atoms with Crippen LogP contribution in [0.2, 0.25) is 0 Å². The second-order valence-corrected chi connectivity index (χ2v) is 5.47. The number of halogens is 1. The van der Waals surface area contributed by atoms with Crippen LogP contribution in [0.1, 0.15) is 18.9 Å². The summed E-state index contributed by atoms with van der Waals surface area (Å²) in [7, 11) is 1.66. The number of nitrogens with one attached hydrogen (secondary N) is 1. The van der Waals surface area contributed by atoms with E-state index in [2.05, 4.69) is 21.2 Å². The topological polar surface area (TPSA) is 51.5 Å². The molecule has 0 radical (unpaired) electrons. The van der Waals surface area contributed by atoms with Crippen LogP contribution in [0.15, 0.2) is 31.9 Å². The van der Waals surface area contributed by atoms with Crippen LogP contribution in [0.5, 0.6) is 0 Å². The number of methoxy groups -OCH3 is 1.